The van der Waals surface area contributed by atoms with Gasteiger partial charge >= 0.3 is 5.97 Å². The number of ether oxygens (including phenoxy) is 1. The minimum atomic E-state index is -0.701. The van der Waals surface area contributed by atoms with Crippen molar-refractivity contribution in [1.82, 2.24) is 19.6 Å². The zero-order chi connectivity index (χ0) is 36.2. The third-order valence-corrected chi connectivity index (χ3v) is 9.89. The van der Waals surface area contributed by atoms with E-state index in [1.807, 2.05) is 36.4 Å². The number of aliphatic hydroxyl groups excluding tert-OH is 1. The fourth-order valence-corrected chi connectivity index (χ4v) is 7.12. The summed E-state index contributed by atoms with van der Waals surface area (Å²) in [4.78, 5) is 21.1. The highest BCUT2D eigenvalue weighted by Crippen LogP contribution is 2.17. The first kappa shape index (κ1) is 39.3. The van der Waals surface area contributed by atoms with Crippen LogP contribution in [-0.2, 0) is 35.7 Å². The molecule has 0 bridgehead atoms. The molecule has 278 valence electrons. The maximum Gasteiger partial charge on any atom is 0.309 e. The molecule has 52 heavy (non-hydrogen) atoms. The Bertz CT molecular complexity index is 1410. The van der Waals surface area contributed by atoms with Crippen LogP contribution in [-0.4, -0.2) is 108 Å². The maximum absolute atomic E-state index is 11.6. The molecule has 3 heterocycles. The van der Waals surface area contributed by atoms with Crippen LogP contribution in [0.25, 0.3) is 0 Å². The minimum absolute atomic E-state index is 0.260. The number of nitrogens with zero attached hydrogens (tertiary/aromatic N) is 4. The lowest BCUT2D eigenvalue weighted by Gasteiger charge is -2.23. The summed E-state index contributed by atoms with van der Waals surface area (Å²) in [5.74, 6) is -0.724. The zero-order valence-corrected chi connectivity index (χ0v) is 30.7. The molecular formula is C44H58N4O4. The van der Waals surface area contributed by atoms with Gasteiger partial charge in [-0.25, -0.2) is 0 Å². The smallest absolute Gasteiger partial charge is 0.309 e. The van der Waals surface area contributed by atoms with Gasteiger partial charge in [0.2, 0.25) is 0 Å². The molecular weight excluding hydrogens is 649 g/mol. The van der Waals surface area contributed by atoms with Crippen molar-refractivity contribution in [3.63, 3.8) is 0 Å². The first-order chi connectivity index (χ1) is 25.5. The van der Waals surface area contributed by atoms with E-state index < -0.39 is 5.97 Å². The lowest BCUT2D eigenvalue weighted by atomic mass is 10.1. The van der Waals surface area contributed by atoms with Crippen molar-refractivity contribution in [3.8, 4) is 0 Å². The standard InChI is InChI=1S/C20H24N2O2.C20H26N2O.C4H8O/c23-20(24)19-15-21(13-17-7-3-1-4-8-17)11-12-22(16-19)14-18-9-5-2-6-10-18;23-17-20-15-21(13-18-7-3-1-4-8-18)11-12-22(16-20)14-19-9-5-2-6-10-19;1-2-4-5-3-1/h1-10,19H,11-16H2,(H,23,24);1-10,20,23H,11-17H2;1-4H2. The molecule has 0 unspecified atom stereocenters. The van der Waals surface area contributed by atoms with Crippen molar-refractivity contribution in [1.29, 1.82) is 0 Å². The Morgan fingerprint density at radius 1 is 0.519 bits per heavy atom. The first-order valence-electron chi connectivity index (χ1n) is 19.0. The number of carbonyl (C=O) groups is 1. The number of aliphatic hydroxyl groups is 1. The van der Waals surface area contributed by atoms with Gasteiger partial charge in [0.25, 0.3) is 0 Å². The topological polar surface area (TPSA) is 79.7 Å². The van der Waals surface area contributed by atoms with Gasteiger partial charge in [-0.1, -0.05) is 121 Å². The van der Waals surface area contributed by atoms with Crippen LogP contribution in [0.2, 0.25) is 0 Å². The van der Waals surface area contributed by atoms with Crippen molar-refractivity contribution in [2.75, 3.05) is 72.2 Å². The second-order valence-corrected chi connectivity index (χ2v) is 14.3. The highest BCUT2D eigenvalue weighted by molar-refractivity contribution is 5.70. The summed E-state index contributed by atoms with van der Waals surface area (Å²) >= 11 is 0. The van der Waals surface area contributed by atoms with Crippen molar-refractivity contribution in [2.24, 2.45) is 11.8 Å². The molecule has 3 aliphatic rings. The number of benzene rings is 4. The Kier molecular flexibility index (Phi) is 16.8. The lowest BCUT2D eigenvalue weighted by molar-refractivity contribution is -0.142. The van der Waals surface area contributed by atoms with E-state index in [1.54, 1.807) is 0 Å². The first-order valence-corrected chi connectivity index (χ1v) is 19.0. The van der Waals surface area contributed by atoms with Gasteiger partial charge in [-0.15, -0.1) is 0 Å². The third-order valence-electron chi connectivity index (χ3n) is 9.89. The van der Waals surface area contributed by atoms with Crippen LogP contribution in [0.15, 0.2) is 121 Å². The average Bonchev–Trinajstić information content (AvgIpc) is 3.64. The van der Waals surface area contributed by atoms with E-state index in [9.17, 15) is 15.0 Å². The fourth-order valence-electron chi connectivity index (χ4n) is 7.12. The summed E-state index contributed by atoms with van der Waals surface area (Å²) in [6.45, 7) is 12.9. The van der Waals surface area contributed by atoms with Crippen LogP contribution in [0, 0.1) is 11.8 Å². The van der Waals surface area contributed by atoms with Gasteiger partial charge in [-0.05, 0) is 35.1 Å². The van der Waals surface area contributed by atoms with Gasteiger partial charge in [-0.3, -0.25) is 24.4 Å². The molecule has 4 aromatic rings. The Labute approximate surface area is 311 Å². The Morgan fingerprint density at radius 3 is 1.08 bits per heavy atom. The third kappa shape index (κ3) is 14.3. The summed E-state index contributed by atoms with van der Waals surface area (Å²) in [6, 6.07) is 41.8. The monoisotopic (exact) mass is 706 g/mol. The summed E-state index contributed by atoms with van der Waals surface area (Å²) < 4.78 is 4.94. The summed E-state index contributed by atoms with van der Waals surface area (Å²) in [6.07, 6.45) is 2.56. The number of carboxylic acid groups (broad SMARTS) is 1. The molecule has 0 aromatic heterocycles. The largest absolute Gasteiger partial charge is 0.481 e. The van der Waals surface area contributed by atoms with E-state index in [-0.39, 0.29) is 12.5 Å². The normalized spacial score (nSPS) is 18.3. The van der Waals surface area contributed by atoms with Crippen LogP contribution in [0.4, 0.5) is 0 Å². The van der Waals surface area contributed by atoms with Gasteiger partial charge in [0, 0.05) is 104 Å². The second-order valence-electron chi connectivity index (χ2n) is 14.3. The molecule has 0 spiro atoms. The van der Waals surface area contributed by atoms with E-state index in [0.29, 0.717) is 19.0 Å². The minimum Gasteiger partial charge on any atom is -0.481 e. The van der Waals surface area contributed by atoms with Crippen LogP contribution in [0.3, 0.4) is 0 Å². The van der Waals surface area contributed by atoms with Crippen LogP contribution in [0.5, 0.6) is 0 Å². The van der Waals surface area contributed by atoms with Gasteiger partial charge < -0.3 is 14.9 Å². The van der Waals surface area contributed by atoms with Crippen LogP contribution >= 0.6 is 0 Å². The predicted octanol–water partition coefficient (Wildman–Crippen LogP) is 6.11. The second kappa shape index (κ2) is 22.2. The predicted molar refractivity (Wildman–Crippen MR) is 209 cm³/mol. The van der Waals surface area contributed by atoms with E-state index in [0.717, 1.165) is 78.7 Å². The lowest BCUT2D eigenvalue weighted by Crippen LogP contribution is -2.34. The molecule has 0 amide bonds. The quantitative estimate of drug-likeness (QED) is 0.205. The molecule has 8 heteroatoms. The fraction of sp³-hybridized carbons (Fsp3) is 0.432. The van der Waals surface area contributed by atoms with Gasteiger partial charge in [0.1, 0.15) is 0 Å². The van der Waals surface area contributed by atoms with Gasteiger partial charge in [0.15, 0.2) is 0 Å². The Balaban J connectivity index is 0.000000177. The van der Waals surface area contributed by atoms with E-state index in [2.05, 4.69) is 105 Å². The molecule has 0 atom stereocenters. The molecule has 0 aliphatic carbocycles. The highest BCUT2D eigenvalue weighted by atomic mass is 16.5. The maximum atomic E-state index is 11.6. The number of rotatable bonds is 10. The summed E-state index contributed by atoms with van der Waals surface area (Å²) in [5.41, 5.74) is 5.16. The van der Waals surface area contributed by atoms with Gasteiger partial charge in [0.05, 0.1) is 5.92 Å². The summed E-state index contributed by atoms with van der Waals surface area (Å²) in [5, 5.41) is 19.3. The van der Waals surface area contributed by atoms with Crippen molar-refractivity contribution in [3.05, 3.63) is 144 Å². The molecule has 8 nitrogen and oxygen atoms in total. The molecule has 3 aliphatic heterocycles. The van der Waals surface area contributed by atoms with E-state index >= 15 is 0 Å². The molecule has 0 saturated carbocycles. The summed E-state index contributed by atoms with van der Waals surface area (Å²) in [7, 11) is 0. The number of hydrogen-bond donors (Lipinski definition) is 2. The molecule has 3 fully saturated rings. The van der Waals surface area contributed by atoms with Crippen molar-refractivity contribution in [2.45, 2.75) is 39.0 Å². The van der Waals surface area contributed by atoms with Gasteiger partial charge in [-0.2, -0.15) is 0 Å². The number of aliphatic carboxylic acids is 1. The number of hydrogen-bond acceptors (Lipinski definition) is 7. The Morgan fingerprint density at radius 2 is 0.827 bits per heavy atom. The zero-order valence-electron chi connectivity index (χ0n) is 30.7. The SMILES string of the molecule is C1CCOC1.O=C(O)C1CN(Cc2ccccc2)CCN(Cc2ccccc2)C1.OCC1CN(Cc2ccccc2)CCN(Cc2ccccc2)C1. The van der Waals surface area contributed by atoms with E-state index in [1.165, 1.54) is 35.1 Å². The van der Waals surface area contributed by atoms with E-state index in [4.69, 9.17) is 4.74 Å². The molecule has 2 N–H and O–H groups in total. The van der Waals surface area contributed by atoms with Crippen molar-refractivity contribution >= 4 is 5.97 Å². The molecule has 3 saturated heterocycles. The van der Waals surface area contributed by atoms with Crippen molar-refractivity contribution < 1.29 is 19.7 Å². The number of carboxylic acids is 1. The average molecular weight is 707 g/mol. The van der Waals surface area contributed by atoms with Crippen LogP contribution < -0.4 is 0 Å². The molecule has 7 rings (SSSR count). The highest BCUT2D eigenvalue weighted by Gasteiger charge is 2.28. The molecule has 4 aromatic carbocycles. The molecule has 0 radical (unpaired) electrons. The van der Waals surface area contributed by atoms with Crippen LogP contribution in [0.1, 0.15) is 35.1 Å². The Hall–Kier alpha value is -3.89.